The van der Waals surface area contributed by atoms with Crippen molar-refractivity contribution in [3.05, 3.63) is 27.4 Å². The molecule has 0 saturated carbocycles. The van der Waals surface area contributed by atoms with E-state index in [0.717, 1.165) is 25.9 Å². The summed E-state index contributed by atoms with van der Waals surface area (Å²) in [6.45, 7) is 0.779. The molecular formula is C14H16BrClFNO2. The normalized spacial score (nSPS) is 18.9. The Kier molecular flexibility index (Phi) is 5.81. The van der Waals surface area contributed by atoms with Crippen LogP contribution in [0.1, 0.15) is 32.1 Å². The van der Waals surface area contributed by atoms with Gasteiger partial charge in [-0.2, -0.15) is 0 Å². The van der Waals surface area contributed by atoms with Gasteiger partial charge in [0, 0.05) is 17.5 Å². The van der Waals surface area contributed by atoms with Gasteiger partial charge in [0.05, 0.1) is 16.8 Å². The van der Waals surface area contributed by atoms with Crippen molar-refractivity contribution in [2.24, 2.45) is 0 Å². The van der Waals surface area contributed by atoms with E-state index in [1.165, 1.54) is 12.1 Å². The van der Waals surface area contributed by atoms with Gasteiger partial charge in [0.2, 0.25) is 5.91 Å². The minimum atomic E-state index is -0.449. The molecule has 20 heavy (non-hydrogen) atoms. The highest BCUT2D eigenvalue weighted by Gasteiger charge is 2.16. The molecular weight excluding hydrogens is 349 g/mol. The van der Waals surface area contributed by atoms with Crippen LogP contribution in [0.3, 0.4) is 0 Å². The van der Waals surface area contributed by atoms with Crippen LogP contribution in [0.15, 0.2) is 16.6 Å². The Hall–Kier alpha value is -0.650. The molecule has 1 unspecified atom stereocenters. The van der Waals surface area contributed by atoms with E-state index in [-0.39, 0.29) is 17.0 Å². The summed E-state index contributed by atoms with van der Waals surface area (Å²) in [5, 5.41) is 2.89. The number of rotatable bonds is 4. The molecule has 1 N–H and O–H groups in total. The van der Waals surface area contributed by atoms with Crippen molar-refractivity contribution >= 4 is 39.1 Å². The zero-order valence-corrected chi connectivity index (χ0v) is 13.3. The first-order valence-electron chi connectivity index (χ1n) is 6.62. The van der Waals surface area contributed by atoms with Crippen molar-refractivity contribution in [2.75, 3.05) is 11.9 Å². The molecule has 1 aliphatic rings. The number of hydrogen-bond donors (Lipinski definition) is 1. The average molecular weight is 365 g/mol. The van der Waals surface area contributed by atoms with Gasteiger partial charge in [-0.15, -0.1) is 0 Å². The van der Waals surface area contributed by atoms with Crippen molar-refractivity contribution in [1.29, 1.82) is 0 Å². The Bertz CT molecular complexity index is 469. The van der Waals surface area contributed by atoms with Crippen LogP contribution in [-0.4, -0.2) is 18.6 Å². The fraction of sp³-hybridized carbons (Fsp3) is 0.500. The van der Waals surface area contributed by atoms with Crippen LogP contribution in [-0.2, 0) is 9.53 Å². The summed E-state index contributed by atoms with van der Waals surface area (Å²) in [5.41, 5.74) is 0.405. The molecule has 0 aromatic heterocycles. The largest absolute Gasteiger partial charge is 0.378 e. The molecule has 110 valence electrons. The monoisotopic (exact) mass is 363 g/mol. The van der Waals surface area contributed by atoms with E-state index in [0.29, 0.717) is 23.0 Å². The Labute approximate surface area is 131 Å². The van der Waals surface area contributed by atoms with Crippen LogP contribution in [0.4, 0.5) is 10.1 Å². The molecule has 1 aromatic carbocycles. The number of anilines is 1. The quantitative estimate of drug-likeness (QED) is 0.852. The first-order valence-corrected chi connectivity index (χ1v) is 7.79. The van der Waals surface area contributed by atoms with Gasteiger partial charge in [-0.05, 0) is 53.7 Å². The lowest BCUT2D eigenvalue weighted by molar-refractivity contribution is -0.117. The highest BCUT2D eigenvalue weighted by molar-refractivity contribution is 9.10. The molecule has 6 heteroatoms. The lowest BCUT2D eigenvalue weighted by atomic mass is 10.0. The maximum absolute atomic E-state index is 13.1. The number of carbonyl (C=O) groups is 1. The number of nitrogens with one attached hydrogen (secondary N) is 1. The second-order valence-electron chi connectivity index (χ2n) is 4.82. The van der Waals surface area contributed by atoms with Crippen LogP contribution in [0.25, 0.3) is 0 Å². The lowest BCUT2D eigenvalue weighted by Crippen LogP contribution is -2.22. The molecule has 1 atom stereocenters. The molecule has 0 bridgehead atoms. The Morgan fingerprint density at radius 3 is 2.95 bits per heavy atom. The minimum Gasteiger partial charge on any atom is -0.378 e. The zero-order chi connectivity index (χ0) is 14.5. The Balaban J connectivity index is 1.88. The van der Waals surface area contributed by atoms with Crippen LogP contribution in [0, 0.1) is 5.82 Å². The summed E-state index contributed by atoms with van der Waals surface area (Å²) in [5.74, 6) is -0.594. The van der Waals surface area contributed by atoms with Gasteiger partial charge in [0.1, 0.15) is 5.82 Å². The molecule has 1 amide bonds. The molecule has 3 nitrogen and oxygen atoms in total. The highest BCUT2D eigenvalue weighted by Crippen LogP contribution is 2.32. The zero-order valence-electron chi connectivity index (χ0n) is 10.9. The summed E-state index contributed by atoms with van der Waals surface area (Å²) >= 11 is 9.11. The van der Waals surface area contributed by atoms with E-state index in [1.807, 2.05) is 0 Å². The van der Waals surface area contributed by atoms with Crippen LogP contribution >= 0.6 is 27.5 Å². The van der Waals surface area contributed by atoms with Gasteiger partial charge in [0.25, 0.3) is 0 Å². The first kappa shape index (κ1) is 15.7. The minimum absolute atomic E-state index is 0.145. The van der Waals surface area contributed by atoms with Crippen molar-refractivity contribution in [3.8, 4) is 0 Å². The molecule has 0 radical (unpaired) electrons. The van der Waals surface area contributed by atoms with Crippen LogP contribution in [0.2, 0.25) is 5.02 Å². The van der Waals surface area contributed by atoms with E-state index in [9.17, 15) is 9.18 Å². The predicted octanol–water partition coefficient (Wildman–Crippen LogP) is 4.53. The molecule has 1 fully saturated rings. The summed E-state index contributed by atoms with van der Waals surface area (Å²) in [4.78, 5) is 11.9. The van der Waals surface area contributed by atoms with Gasteiger partial charge in [-0.1, -0.05) is 11.6 Å². The van der Waals surface area contributed by atoms with Crippen LogP contribution < -0.4 is 5.32 Å². The number of carbonyl (C=O) groups excluding carboxylic acids is 1. The van der Waals surface area contributed by atoms with Crippen LogP contribution in [0.5, 0.6) is 0 Å². The summed E-state index contributed by atoms with van der Waals surface area (Å²) in [6, 6.07) is 2.44. The summed E-state index contributed by atoms with van der Waals surface area (Å²) < 4.78 is 19.1. The summed E-state index contributed by atoms with van der Waals surface area (Å²) in [6.07, 6.45) is 4.49. The Morgan fingerprint density at radius 1 is 1.50 bits per heavy atom. The van der Waals surface area contributed by atoms with Crippen molar-refractivity contribution in [3.63, 3.8) is 0 Å². The number of hydrogen-bond acceptors (Lipinski definition) is 2. The lowest BCUT2D eigenvalue weighted by Gasteiger charge is -2.22. The molecule has 1 heterocycles. The van der Waals surface area contributed by atoms with Gasteiger partial charge in [-0.25, -0.2) is 4.39 Å². The number of amides is 1. The molecule has 0 spiro atoms. The number of ether oxygens (including phenoxy) is 1. The summed E-state index contributed by atoms with van der Waals surface area (Å²) in [7, 11) is 0. The SMILES string of the molecule is O=C(CCC1CCCCO1)Nc1c(Cl)cc(F)cc1Br. The molecule has 0 aliphatic carbocycles. The van der Waals surface area contributed by atoms with E-state index >= 15 is 0 Å². The standard InChI is InChI=1S/C14H16BrClFNO2/c15-11-7-9(17)8-12(16)14(11)18-13(19)5-4-10-3-1-2-6-20-10/h7-8,10H,1-6H2,(H,18,19). The van der Waals surface area contributed by atoms with Crippen molar-refractivity contribution in [2.45, 2.75) is 38.2 Å². The molecule has 1 aromatic rings. The van der Waals surface area contributed by atoms with Gasteiger partial charge in [0.15, 0.2) is 0 Å². The topological polar surface area (TPSA) is 38.3 Å². The Morgan fingerprint density at radius 2 is 2.30 bits per heavy atom. The third kappa shape index (κ3) is 4.43. The fourth-order valence-electron chi connectivity index (χ4n) is 2.19. The predicted molar refractivity (Wildman–Crippen MR) is 80.6 cm³/mol. The third-order valence-corrected chi connectivity index (χ3v) is 4.16. The number of benzene rings is 1. The van der Waals surface area contributed by atoms with E-state index in [1.54, 1.807) is 0 Å². The highest BCUT2D eigenvalue weighted by atomic mass is 79.9. The maximum Gasteiger partial charge on any atom is 0.224 e. The third-order valence-electron chi connectivity index (χ3n) is 3.24. The fourth-order valence-corrected chi connectivity index (χ4v) is 3.09. The maximum atomic E-state index is 13.1. The van der Waals surface area contributed by atoms with Gasteiger partial charge >= 0.3 is 0 Å². The number of halogens is 3. The molecule has 1 aliphatic heterocycles. The molecule has 2 rings (SSSR count). The average Bonchev–Trinajstić information content (AvgIpc) is 2.42. The smallest absolute Gasteiger partial charge is 0.224 e. The van der Waals surface area contributed by atoms with E-state index < -0.39 is 5.82 Å². The van der Waals surface area contributed by atoms with E-state index in [2.05, 4.69) is 21.2 Å². The van der Waals surface area contributed by atoms with Crippen molar-refractivity contribution < 1.29 is 13.9 Å². The van der Waals surface area contributed by atoms with Crippen molar-refractivity contribution in [1.82, 2.24) is 0 Å². The molecule has 1 saturated heterocycles. The second kappa shape index (κ2) is 7.38. The van der Waals surface area contributed by atoms with Gasteiger partial charge in [-0.3, -0.25) is 4.79 Å². The second-order valence-corrected chi connectivity index (χ2v) is 6.08. The van der Waals surface area contributed by atoms with Gasteiger partial charge < -0.3 is 10.1 Å². The van der Waals surface area contributed by atoms with E-state index in [4.69, 9.17) is 16.3 Å². The first-order chi connectivity index (χ1) is 9.56.